The van der Waals surface area contributed by atoms with Gasteiger partial charge in [0.2, 0.25) is 5.91 Å². The Labute approximate surface area is 272 Å². The second-order valence-electron chi connectivity index (χ2n) is 14.6. The molecular formula is C37H48N6O3. The van der Waals surface area contributed by atoms with Gasteiger partial charge < -0.3 is 19.9 Å². The second-order valence-corrected chi connectivity index (χ2v) is 14.6. The van der Waals surface area contributed by atoms with Crippen LogP contribution in [0.5, 0.6) is 0 Å². The van der Waals surface area contributed by atoms with E-state index in [0.29, 0.717) is 18.9 Å². The number of fused-ring (bicyclic) bond motifs is 3. The van der Waals surface area contributed by atoms with Crippen LogP contribution in [0.15, 0.2) is 55.0 Å². The quantitative estimate of drug-likeness (QED) is 0.279. The zero-order chi connectivity index (χ0) is 31.9. The van der Waals surface area contributed by atoms with Crippen LogP contribution in [-0.2, 0) is 14.9 Å². The van der Waals surface area contributed by atoms with Gasteiger partial charge in [-0.3, -0.25) is 9.48 Å². The lowest BCUT2D eigenvalue weighted by molar-refractivity contribution is -0.124. The van der Waals surface area contributed by atoms with Crippen molar-refractivity contribution in [2.24, 2.45) is 11.3 Å². The molecule has 0 atom stereocenters. The van der Waals surface area contributed by atoms with E-state index in [0.717, 1.165) is 80.5 Å². The van der Waals surface area contributed by atoms with Crippen molar-refractivity contribution in [2.75, 3.05) is 37.5 Å². The maximum Gasteiger partial charge on any atom is 0.407 e. The second kappa shape index (κ2) is 12.4. The fourth-order valence-corrected chi connectivity index (χ4v) is 8.27. The van der Waals surface area contributed by atoms with Crippen LogP contribution in [0.2, 0.25) is 0 Å². The summed E-state index contributed by atoms with van der Waals surface area (Å²) in [7, 11) is 5.64. The van der Waals surface area contributed by atoms with Gasteiger partial charge in [0.1, 0.15) is 11.9 Å². The smallest absolute Gasteiger partial charge is 0.407 e. The predicted octanol–water partition coefficient (Wildman–Crippen LogP) is 6.89. The van der Waals surface area contributed by atoms with Crippen molar-refractivity contribution in [3.63, 3.8) is 0 Å². The van der Waals surface area contributed by atoms with Crippen LogP contribution < -0.4 is 15.1 Å². The number of ether oxygens (including phenoxy) is 1. The number of nitrogens with zero attached hydrogens (tertiary/aromatic N) is 5. The summed E-state index contributed by atoms with van der Waals surface area (Å²) in [6.45, 7) is 0.749. The number of hydrogen-bond donors (Lipinski definition) is 1. The first-order chi connectivity index (χ1) is 22.3. The Morgan fingerprint density at radius 1 is 0.935 bits per heavy atom. The molecule has 2 bridgehead atoms. The molecule has 9 heteroatoms. The summed E-state index contributed by atoms with van der Waals surface area (Å²) < 4.78 is 7.62. The van der Waals surface area contributed by atoms with E-state index < -0.39 is 6.09 Å². The molecule has 1 aromatic carbocycles. The normalized spacial score (nSPS) is 27.2. The van der Waals surface area contributed by atoms with Crippen molar-refractivity contribution in [3.8, 4) is 11.1 Å². The number of benzene rings is 1. The fraction of sp³-hybridized carbons (Fsp3) is 0.568. The van der Waals surface area contributed by atoms with Crippen molar-refractivity contribution in [2.45, 2.75) is 94.6 Å². The van der Waals surface area contributed by atoms with E-state index in [1.807, 2.05) is 20.3 Å². The average Bonchev–Trinajstić information content (AvgIpc) is 3.84. The highest BCUT2D eigenvalue weighted by Gasteiger charge is 2.50. The molecule has 46 heavy (non-hydrogen) atoms. The lowest BCUT2D eigenvalue weighted by atomic mass is 9.52. The summed E-state index contributed by atoms with van der Waals surface area (Å²) in [6.07, 6.45) is 17.7. The van der Waals surface area contributed by atoms with E-state index in [1.165, 1.54) is 18.4 Å². The van der Waals surface area contributed by atoms with Gasteiger partial charge in [0.25, 0.3) is 0 Å². The fourth-order valence-electron chi connectivity index (χ4n) is 8.27. The van der Waals surface area contributed by atoms with Crippen molar-refractivity contribution in [3.05, 3.63) is 60.6 Å². The average molecular weight is 625 g/mol. The number of nitrogens with one attached hydrogen (secondary N) is 1. The lowest BCUT2D eigenvalue weighted by Crippen LogP contribution is -2.51. The molecule has 0 aliphatic heterocycles. The minimum Gasteiger partial charge on any atom is -0.446 e. The molecule has 3 aromatic rings. The first kappa shape index (κ1) is 30.8. The standard InChI is InChI=1S/C37H48N6O3/c1-38-35(45)46-32-12-7-26(8-13-32)34(44)42(31-6-4-5-27(21-31)28-22-40-43(24-28)30-10-11-30)25-36-15-18-37(19-16-36,20-17-36)29-9-14-33(39-23-29)41(2)3/h4-6,9,14,21-24,26,30,32H,7-8,10-13,15-20,25H2,1-3H3,(H,38,45)/t26-,32-,36?,37?. The lowest BCUT2D eigenvalue weighted by Gasteiger charge is -2.55. The summed E-state index contributed by atoms with van der Waals surface area (Å²) in [5.74, 6) is 1.13. The molecule has 244 valence electrons. The van der Waals surface area contributed by atoms with Gasteiger partial charge in [-0.25, -0.2) is 9.78 Å². The van der Waals surface area contributed by atoms with E-state index in [4.69, 9.17) is 9.72 Å². The number of amides is 2. The van der Waals surface area contributed by atoms with Gasteiger partial charge in [0.05, 0.1) is 12.2 Å². The summed E-state index contributed by atoms with van der Waals surface area (Å²) in [5, 5.41) is 7.18. The number of carbonyl (C=O) groups excluding carboxylic acids is 2. The van der Waals surface area contributed by atoms with Crippen molar-refractivity contribution in [1.82, 2.24) is 20.1 Å². The van der Waals surface area contributed by atoms with E-state index in [1.54, 1.807) is 7.05 Å². The molecule has 2 aromatic heterocycles. The summed E-state index contributed by atoms with van der Waals surface area (Å²) in [4.78, 5) is 35.3. The number of aromatic nitrogens is 3. The van der Waals surface area contributed by atoms with E-state index in [9.17, 15) is 9.59 Å². The number of anilines is 2. The van der Waals surface area contributed by atoms with Gasteiger partial charge in [-0.1, -0.05) is 18.2 Å². The first-order valence-corrected chi connectivity index (χ1v) is 17.2. The monoisotopic (exact) mass is 624 g/mol. The molecule has 2 amide bonds. The van der Waals surface area contributed by atoms with Crippen molar-refractivity contribution < 1.29 is 14.3 Å². The molecule has 1 N–H and O–H groups in total. The van der Waals surface area contributed by atoms with Crippen molar-refractivity contribution in [1.29, 1.82) is 0 Å². The highest BCUT2D eigenvalue weighted by Crippen LogP contribution is 2.58. The van der Waals surface area contributed by atoms with Gasteiger partial charge in [-0.2, -0.15) is 5.10 Å². The van der Waals surface area contributed by atoms with Crippen LogP contribution in [0.1, 0.15) is 88.7 Å². The van der Waals surface area contributed by atoms with Gasteiger partial charge in [0, 0.05) is 57.3 Å². The zero-order valence-corrected chi connectivity index (χ0v) is 27.6. The van der Waals surface area contributed by atoms with Crippen LogP contribution in [0.3, 0.4) is 0 Å². The summed E-state index contributed by atoms with van der Waals surface area (Å²) in [6, 6.07) is 13.5. The predicted molar refractivity (Wildman–Crippen MR) is 180 cm³/mol. The Morgan fingerprint density at radius 3 is 2.30 bits per heavy atom. The van der Waals surface area contributed by atoms with E-state index in [2.05, 4.69) is 73.7 Å². The first-order valence-electron chi connectivity index (χ1n) is 17.2. The van der Waals surface area contributed by atoms with Gasteiger partial charge in [0.15, 0.2) is 0 Å². The molecule has 8 rings (SSSR count). The van der Waals surface area contributed by atoms with Crippen LogP contribution in [0.4, 0.5) is 16.3 Å². The third-order valence-corrected chi connectivity index (χ3v) is 11.5. The van der Waals surface area contributed by atoms with Crippen LogP contribution in [-0.4, -0.2) is 60.6 Å². The molecule has 0 saturated heterocycles. The van der Waals surface area contributed by atoms with E-state index >= 15 is 0 Å². The third kappa shape index (κ3) is 6.13. The minimum absolute atomic E-state index is 0.0743. The van der Waals surface area contributed by atoms with Crippen LogP contribution in [0.25, 0.3) is 11.1 Å². The Hall–Kier alpha value is -3.88. The van der Waals surface area contributed by atoms with Crippen molar-refractivity contribution >= 4 is 23.5 Å². The Kier molecular flexibility index (Phi) is 8.28. The maximum absolute atomic E-state index is 14.5. The summed E-state index contributed by atoms with van der Waals surface area (Å²) >= 11 is 0. The number of alkyl carbamates (subject to hydrolysis) is 1. The molecule has 2 heterocycles. The molecule has 0 spiro atoms. The van der Waals surface area contributed by atoms with Gasteiger partial charge in [-0.05, 0) is 117 Å². The SMILES string of the molecule is CNC(=O)O[C@H]1CC[C@H](C(=O)N(CC23CCC(c4ccc(N(C)C)nc4)(CC2)CC3)c2cccc(-c3cnn(C4CC4)c3)c2)CC1. The Balaban J connectivity index is 1.12. The van der Waals surface area contributed by atoms with Crippen LogP contribution in [0, 0.1) is 11.3 Å². The largest absolute Gasteiger partial charge is 0.446 e. The van der Waals surface area contributed by atoms with E-state index in [-0.39, 0.29) is 28.8 Å². The Morgan fingerprint density at radius 2 is 1.67 bits per heavy atom. The molecule has 5 aliphatic carbocycles. The molecular weight excluding hydrogens is 576 g/mol. The highest BCUT2D eigenvalue weighted by molar-refractivity contribution is 5.96. The van der Waals surface area contributed by atoms with Gasteiger partial charge in [-0.15, -0.1) is 0 Å². The molecule has 5 saturated carbocycles. The van der Waals surface area contributed by atoms with Gasteiger partial charge >= 0.3 is 6.09 Å². The van der Waals surface area contributed by atoms with Crippen LogP contribution >= 0.6 is 0 Å². The Bertz CT molecular complexity index is 1530. The maximum atomic E-state index is 14.5. The minimum atomic E-state index is -0.396. The highest BCUT2D eigenvalue weighted by atomic mass is 16.6. The molecule has 0 unspecified atom stereocenters. The molecule has 5 aliphatic rings. The molecule has 5 fully saturated rings. The number of carbonyl (C=O) groups is 2. The number of hydrogen-bond acceptors (Lipinski definition) is 6. The number of rotatable bonds is 9. The zero-order valence-electron chi connectivity index (χ0n) is 27.6. The molecule has 0 radical (unpaired) electrons. The molecule has 9 nitrogen and oxygen atoms in total. The third-order valence-electron chi connectivity index (χ3n) is 11.5. The summed E-state index contributed by atoms with van der Waals surface area (Å²) in [5.41, 5.74) is 4.85. The number of pyridine rings is 1. The topological polar surface area (TPSA) is 92.6 Å².